The first-order chi connectivity index (χ1) is 8.70. The molecule has 3 N–H and O–H groups in total. The van der Waals surface area contributed by atoms with E-state index < -0.39 is 0 Å². The van der Waals surface area contributed by atoms with Crippen LogP contribution in [0.1, 0.15) is 17.4 Å². The van der Waals surface area contributed by atoms with Crippen molar-refractivity contribution in [3.63, 3.8) is 0 Å². The number of halogens is 2. The molecule has 2 rings (SSSR count). The normalized spacial score (nSPS) is 11.1. The third-order valence-electron chi connectivity index (χ3n) is 2.52. The molecule has 2 aromatic heterocycles. The Bertz CT molecular complexity index is 517. The van der Waals surface area contributed by atoms with Crippen molar-refractivity contribution < 1.29 is 9.21 Å². The number of hydrogen-bond acceptors (Lipinski definition) is 5. The van der Waals surface area contributed by atoms with Gasteiger partial charge in [0, 0.05) is 17.5 Å². The summed E-state index contributed by atoms with van der Waals surface area (Å²) >= 11 is 1.42. The molecule has 0 fully saturated rings. The Morgan fingerprint density at radius 2 is 2.30 bits per heavy atom. The van der Waals surface area contributed by atoms with Gasteiger partial charge in [0.2, 0.25) is 0 Å². The molecule has 0 aliphatic rings. The van der Waals surface area contributed by atoms with Crippen molar-refractivity contribution in [1.29, 1.82) is 0 Å². The van der Waals surface area contributed by atoms with Crippen LogP contribution in [0.3, 0.4) is 0 Å². The molecule has 1 amide bonds. The van der Waals surface area contributed by atoms with Crippen LogP contribution in [0.15, 0.2) is 28.4 Å². The molecule has 8 heteroatoms. The SMILES string of the molecule is CC(CN)CNC(=O)c1csc(-c2ccoc2)n1.Cl.Cl. The summed E-state index contributed by atoms with van der Waals surface area (Å²) < 4.78 is 4.98. The van der Waals surface area contributed by atoms with Crippen LogP contribution in [-0.4, -0.2) is 24.0 Å². The van der Waals surface area contributed by atoms with Crippen LogP contribution in [-0.2, 0) is 0 Å². The van der Waals surface area contributed by atoms with Gasteiger partial charge in [-0.05, 0) is 18.5 Å². The number of nitrogens with zero attached hydrogens (tertiary/aromatic N) is 1. The maximum absolute atomic E-state index is 11.8. The zero-order chi connectivity index (χ0) is 13.0. The molecule has 0 saturated heterocycles. The summed E-state index contributed by atoms with van der Waals surface area (Å²) in [7, 11) is 0. The van der Waals surface area contributed by atoms with Crippen molar-refractivity contribution in [1.82, 2.24) is 10.3 Å². The maximum Gasteiger partial charge on any atom is 0.270 e. The summed E-state index contributed by atoms with van der Waals surface area (Å²) in [4.78, 5) is 16.1. The second kappa shape index (κ2) is 8.97. The van der Waals surface area contributed by atoms with E-state index in [1.54, 1.807) is 17.9 Å². The maximum atomic E-state index is 11.8. The van der Waals surface area contributed by atoms with Gasteiger partial charge in [-0.2, -0.15) is 0 Å². The molecule has 2 heterocycles. The number of nitrogens with one attached hydrogen (secondary N) is 1. The van der Waals surface area contributed by atoms with Crippen molar-refractivity contribution in [2.24, 2.45) is 11.7 Å². The zero-order valence-corrected chi connectivity index (χ0v) is 13.3. The third-order valence-corrected chi connectivity index (χ3v) is 3.41. The quantitative estimate of drug-likeness (QED) is 0.878. The van der Waals surface area contributed by atoms with Crippen LogP contribution in [0.5, 0.6) is 0 Å². The van der Waals surface area contributed by atoms with Crippen LogP contribution in [0.4, 0.5) is 0 Å². The second-order valence-corrected chi connectivity index (χ2v) is 4.96. The van der Waals surface area contributed by atoms with Gasteiger partial charge in [0.1, 0.15) is 17.0 Å². The van der Waals surface area contributed by atoms with E-state index in [9.17, 15) is 4.79 Å². The highest BCUT2D eigenvalue weighted by molar-refractivity contribution is 7.13. The summed E-state index contributed by atoms with van der Waals surface area (Å²) in [5.74, 6) is 0.0993. The van der Waals surface area contributed by atoms with Crippen molar-refractivity contribution in [3.05, 3.63) is 29.7 Å². The number of hydrogen-bond donors (Lipinski definition) is 2. The van der Waals surface area contributed by atoms with Gasteiger partial charge in [0.15, 0.2) is 0 Å². The van der Waals surface area contributed by atoms with E-state index in [-0.39, 0.29) is 36.6 Å². The van der Waals surface area contributed by atoms with Crippen molar-refractivity contribution in [2.75, 3.05) is 13.1 Å². The molecular formula is C12H17Cl2N3O2S. The van der Waals surface area contributed by atoms with Crippen molar-refractivity contribution in [2.45, 2.75) is 6.92 Å². The first kappa shape index (κ1) is 18.9. The molecule has 0 aromatic carbocycles. The molecule has 5 nitrogen and oxygen atoms in total. The number of carbonyl (C=O) groups is 1. The van der Waals surface area contributed by atoms with E-state index in [1.165, 1.54) is 11.3 Å². The van der Waals surface area contributed by atoms with Gasteiger partial charge in [-0.15, -0.1) is 36.2 Å². The summed E-state index contributed by atoms with van der Waals surface area (Å²) in [5.41, 5.74) is 6.80. The van der Waals surface area contributed by atoms with Gasteiger partial charge in [0.25, 0.3) is 5.91 Å². The summed E-state index contributed by atoms with van der Waals surface area (Å²) in [5, 5.41) is 5.33. The Morgan fingerprint density at radius 3 is 2.90 bits per heavy atom. The zero-order valence-electron chi connectivity index (χ0n) is 10.9. The number of amides is 1. The number of nitrogens with two attached hydrogens (primary N) is 1. The minimum absolute atomic E-state index is 0. The van der Waals surface area contributed by atoms with E-state index in [1.807, 2.05) is 13.0 Å². The van der Waals surface area contributed by atoms with Gasteiger partial charge in [-0.1, -0.05) is 6.92 Å². The lowest BCUT2D eigenvalue weighted by Crippen LogP contribution is -2.31. The van der Waals surface area contributed by atoms with Crippen LogP contribution in [0.25, 0.3) is 10.6 Å². The smallest absolute Gasteiger partial charge is 0.270 e. The Hall–Kier alpha value is -1.08. The van der Waals surface area contributed by atoms with Gasteiger partial charge >= 0.3 is 0 Å². The molecule has 0 bridgehead atoms. The van der Waals surface area contributed by atoms with Crippen LogP contribution >= 0.6 is 36.2 Å². The lowest BCUT2D eigenvalue weighted by atomic mass is 10.2. The lowest BCUT2D eigenvalue weighted by Gasteiger charge is -2.08. The van der Waals surface area contributed by atoms with E-state index in [2.05, 4.69) is 10.3 Å². The fourth-order valence-electron chi connectivity index (χ4n) is 1.34. The molecule has 1 atom stereocenters. The van der Waals surface area contributed by atoms with E-state index in [0.717, 1.165) is 10.6 Å². The molecule has 0 spiro atoms. The first-order valence-corrected chi connectivity index (χ1v) is 6.55. The van der Waals surface area contributed by atoms with Crippen molar-refractivity contribution >= 4 is 42.1 Å². The Morgan fingerprint density at radius 1 is 1.55 bits per heavy atom. The average Bonchev–Trinajstić information content (AvgIpc) is 3.04. The average molecular weight is 338 g/mol. The van der Waals surface area contributed by atoms with Crippen LogP contribution < -0.4 is 11.1 Å². The molecule has 20 heavy (non-hydrogen) atoms. The summed E-state index contributed by atoms with van der Waals surface area (Å²) in [6, 6.07) is 1.82. The monoisotopic (exact) mass is 337 g/mol. The first-order valence-electron chi connectivity index (χ1n) is 5.67. The third kappa shape index (κ3) is 4.79. The molecular weight excluding hydrogens is 321 g/mol. The largest absolute Gasteiger partial charge is 0.472 e. The fraction of sp³-hybridized carbons (Fsp3) is 0.333. The highest BCUT2D eigenvalue weighted by Gasteiger charge is 2.12. The van der Waals surface area contributed by atoms with E-state index in [4.69, 9.17) is 10.2 Å². The molecule has 1 unspecified atom stereocenters. The number of thiazole rings is 1. The molecule has 0 aliphatic heterocycles. The summed E-state index contributed by atoms with van der Waals surface area (Å²) in [6.07, 6.45) is 3.19. The predicted molar refractivity (Wildman–Crippen MR) is 84.9 cm³/mol. The standard InChI is InChI=1S/C12H15N3O2S.2ClH/c1-8(4-13)5-14-11(16)10-7-18-12(15-10)9-2-3-17-6-9;;/h2-3,6-8H,4-5,13H2,1H3,(H,14,16);2*1H. The molecule has 0 saturated carbocycles. The number of furan rings is 1. The number of rotatable bonds is 5. The predicted octanol–water partition coefficient (Wildman–Crippen LogP) is 2.57. The summed E-state index contributed by atoms with van der Waals surface area (Å²) in [6.45, 7) is 3.10. The van der Waals surface area contributed by atoms with Gasteiger partial charge in [-0.25, -0.2) is 4.98 Å². The highest BCUT2D eigenvalue weighted by Crippen LogP contribution is 2.23. The molecule has 0 aliphatic carbocycles. The molecule has 2 aromatic rings. The van der Waals surface area contributed by atoms with E-state index in [0.29, 0.717) is 18.8 Å². The Labute approximate surface area is 133 Å². The Kier molecular flexibility index (Phi) is 8.48. The van der Waals surface area contributed by atoms with Crippen LogP contribution in [0.2, 0.25) is 0 Å². The lowest BCUT2D eigenvalue weighted by molar-refractivity contribution is 0.0944. The minimum atomic E-state index is -0.165. The fourth-order valence-corrected chi connectivity index (χ4v) is 2.12. The van der Waals surface area contributed by atoms with Crippen LogP contribution in [0, 0.1) is 5.92 Å². The van der Waals surface area contributed by atoms with Gasteiger partial charge in [-0.3, -0.25) is 4.79 Å². The van der Waals surface area contributed by atoms with E-state index >= 15 is 0 Å². The van der Waals surface area contributed by atoms with Crippen molar-refractivity contribution in [3.8, 4) is 10.6 Å². The number of carbonyl (C=O) groups excluding carboxylic acids is 1. The molecule has 112 valence electrons. The van der Waals surface area contributed by atoms with Gasteiger partial charge in [0.05, 0.1) is 6.26 Å². The second-order valence-electron chi connectivity index (χ2n) is 4.10. The van der Waals surface area contributed by atoms with Gasteiger partial charge < -0.3 is 15.5 Å². The highest BCUT2D eigenvalue weighted by atomic mass is 35.5. The molecule has 0 radical (unpaired) electrons. The Balaban J connectivity index is 0.00000180. The topological polar surface area (TPSA) is 81.1 Å². The number of aromatic nitrogens is 1. The minimum Gasteiger partial charge on any atom is -0.472 e.